The Balaban J connectivity index is 1.32. The molecule has 0 spiro atoms. The number of carbonyl (C=O) groups excluding carboxylic acids is 3. The Hall–Kier alpha value is -4.37. The van der Waals surface area contributed by atoms with Crippen LogP contribution in [0.3, 0.4) is 0 Å². The van der Waals surface area contributed by atoms with Gasteiger partial charge >= 0.3 is 6.09 Å². The highest BCUT2D eigenvalue weighted by molar-refractivity contribution is 6.03. The summed E-state index contributed by atoms with van der Waals surface area (Å²) in [4.78, 5) is 43.1. The molecule has 0 saturated heterocycles. The molecule has 0 fully saturated rings. The van der Waals surface area contributed by atoms with Crippen LogP contribution in [0.2, 0.25) is 0 Å². The summed E-state index contributed by atoms with van der Waals surface area (Å²) in [5.74, 6) is -0.230. The zero-order valence-electron chi connectivity index (χ0n) is 25.1. The third-order valence-corrected chi connectivity index (χ3v) is 7.68. The lowest BCUT2D eigenvalue weighted by atomic mass is 9.91. The number of rotatable bonds is 8. The number of aliphatic hydroxyl groups excluding tert-OH is 1. The molecular weight excluding hydrogens is 546 g/mol. The number of fused-ring (bicyclic) bond motifs is 2. The zero-order chi connectivity index (χ0) is 30.7. The monoisotopic (exact) mass is 585 g/mol. The highest BCUT2D eigenvalue weighted by Crippen LogP contribution is 2.32. The van der Waals surface area contributed by atoms with E-state index in [4.69, 9.17) is 9.47 Å². The van der Waals surface area contributed by atoms with E-state index in [9.17, 15) is 19.5 Å². The summed E-state index contributed by atoms with van der Waals surface area (Å²) in [6.07, 6.45) is -1.15. The molecule has 0 unspecified atom stereocenters. The van der Waals surface area contributed by atoms with Gasteiger partial charge in [-0.25, -0.2) is 4.79 Å². The number of carbonyl (C=O) groups is 3. The third kappa shape index (κ3) is 6.83. The van der Waals surface area contributed by atoms with Gasteiger partial charge < -0.3 is 24.8 Å². The van der Waals surface area contributed by atoms with Gasteiger partial charge in [-0.2, -0.15) is 0 Å². The molecule has 2 aliphatic heterocycles. The molecule has 0 radical (unpaired) electrons. The number of benzene rings is 3. The van der Waals surface area contributed by atoms with Crippen LogP contribution in [0.25, 0.3) is 0 Å². The number of ether oxygens (including phenoxy) is 2. The topological polar surface area (TPSA) is 108 Å². The van der Waals surface area contributed by atoms with Crippen molar-refractivity contribution in [2.24, 2.45) is 0 Å². The Morgan fingerprint density at radius 3 is 2.40 bits per heavy atom. The van der Waals surface area contributed by atoms with Gasteiger partial charge in [-0.05, 0) is 68.5 Å². The molecule has 5 rings (SSSR count). The van der Waals surface area contributed by atoms with Crippen LogP contribution in [-0.2, 0) is 30.8 Å². The predicted molar refractivity (Wildman–Crippen MR) is 162 cm³/mol. The highest BCUT2D eigenvalue weighted by atomic mass is 16.6. The highest BCUT2D eigenvalue weighted by Gasteiger charge is 2.37. The average Bonchev–Trinajstić information content (AvgIpc) is 3.28. The van der Waals surface area contributed by atoms with Crippen LogP contribution in [0.15, 0.2) is 66.7 Å². The lowest BCUT2D eigenvalue weighted by Crippen LogP contribution is -2.54. The van der Waals surface area contributed by atoms with Crippen molar-refractivity contribution >= 4 is 17.9 Å². The third-order valence-electron chi connectivity index (χ3n) is 7.68. The minimum Gasteiger partial charge on any atom is -0.493 e. The Labute approximate surface area is 252 Å². The first-order chi connectivity index (χ1) is 20.5. The van der Waals surface area contributed by atoms with Crippen LogP contribution in [0.1, 0.15) is 70.7 Å². The maximum Gasteiger partial charge on any atom is 0.410 e. The number of amides is 3. The van der Waals surface area contributed by atoms with Gasteiger partial charge in [-0.3, -0.25) is 14.5 Å². The van der Waals surface area contributed by atoms with E-state index >= 15 is 0 Å². The zero-order valence-corrected chi connectivity index (χ0v) is 25.1. The molecule has 9 nitrogen and oxygen atoms in total. The van der Waals surface area contributed by atoms with Crippen molar-refractivity contribution < 1.29 is 29.0 Å². The summed E-state index contributed by atoms with van der Waals surface area (Å²) in [5, 5.41) is 14.1. The van der Waals surface area contributed by atoms with E-state index in [2.05, 4.69) is 5.32 Å². The summed E-state index contributed by atoms with van der Waals surface area (Å²) >= 11 is 0. The summed E-state index contributed by atoms with van der Waals surface area (Å²) in [6, 6.07) is 20.3. The summed E-state index contributed by atoms with van der Waals surface area (Å²) in [7, 11) is 0. The fourth-order valence-electron chi connectivity index (χ4n) is 5.63. The Kier molecular flexibility index (Phi) is 8.73. The molecule has 0 bridgehead atoms. The maximum absolute atomic E-state index is 13.5. The first-order valence-corrected chi connectivity index (χ1v) is 14.7. The molecule has 0 aliphatic carbocycles. The van der Waals surface area contributed by atoms with E-state index in [1.165, 1.54) is 0 Å². The van der Waals surface area contributed by atoms with Gasteiger partial charge in [-0.1, -0.05) is 54.6 Å². The van der Waals surface area contributed by atoms with Gasteiger partial charge in [0.15, 0.2) is 0 Å². The average molecular weight is 586 g/mol. The lowest BCUT2D eigenvalue weighted by molar-refractivity contribution is -0.0113. The van der Waals surface area contributed by atoms with E-state index in [-0.39, 0.29) is 12.5 Å². The Morgan fingerprint density at radius 1 is 1.00 bits per heavy atom. The molecule has 3 amide bonds. The number of nitrogens with one attached hydrogen (secondary N) is 1. The molecule has 2 atom stereocenters. The second-order valence-electron chi connectivity index (χ2n) is 12.0. The minimum absolute atomic E-state index is 0.0906. The molecule has 43 heavy (non-hydrogen) atoms. The van der Waals surface area contributed by atoms with Crippen molar-refractivity contribution in [3.63, 3.8) is 0 Å². The largest absolute Gasteiger partial charge is 0.493 e. The number of aliphatic hydroxyl groups is 1. The Morgan fingerprint density at radius 2 is 1.70 bits per heavy atom. The molecule has 0 saturated carbocycles. The second kappa shape index (κ2) is 12.5. The molecular formula is C34H39N3O6. The lowest BCUT2D eigenvalue weighted by Gasteiger charge is -2.40. The van der Waals surface area contributed by atoms with Crippen LogP contribution in [0, 0.1) is 0 Å². The molecule has 2 aliphatic rings. The quantitative estimate of drug-likeness (QED) is 0.397. The van der Waals surface area contributed by atoms with Gasteiger partial charge in [0.2, 0.25) is 0 Å². The first kappa shape index (κ1) is 30.1. The van der Waals surface area contributed by atoms with Crippen molar-refractivity contribution in [1.82, 2.24) is 15.1 Å². The predicted octanol–water partition coefficient (Wildman–Crippen LogP) is 4.69. The van der Waals surface area contributed by atoms with Crippen molar-refractivity contribution in [3.05, 3.63) is 100 Å². The van der Waals surface area contributed by atoms with Crippen molar-refractivity contribution in [2.45, 2.75) is 71.5 Å². The van der Waals surface area contributed by atoms with Crippen molar-refractivity contribution in [1.29, 1.82) is 0 Å². The first-order valence-electron chi connectivity index (χ1n) is 14.7. The van der Waals surface area contributed by atoms with Gasteiger partial charge in [-0.15, -0.1) is 0 Å². The molecule has 9 heteroatoms. The van der Waals surface area contributed by atoms with Crippen LogP contribution >= 0.6 is 0 Å². The normalized spacial score (nSPS) is 16.8. The second-order valence-corrected chi connectivity index (χ2v) is 12.0. The van der Waals surface area contributed by atoms with Gasteiger partial charge in [0, 0.05) is 31.7 Å². The minimum atomic E-state index is -1.06. The van der Waals surface area contributed by atoms with Gasteiger partial charge in [0.25, 0.3) is 11.8 Å². The SMILES string of the molecule is CCOc1cc2c(cc1C(=O)NC[C@@H](O)[C@@H]1Cc3ccccc3CN1C(=O)OC(C)(C)C)CN(Cc1ccccc1)C2=O. The fraction of sp³-hybridized carbons (Fsp3) is 0.382. The van der Waals surface area contributed by atoms with E-state index in [0.717, 1.165) is 22.3 Å². The Bertz CT molecular complexity index is 1500. The van der Waals surface area contributed by atoms with Crippen molar-refractivity contribution in [3.8, 4) is 5.75 Å². The molecule has 0 aromatic heterocycles. The van der Waals surface area contributed by atoms with Crippen LogP contribution in [0.5, 0.6) is 5.75 Å². The van der Waals surface area contributed by atoms with E-state index in [1.807, 2.05) is 61.5 Å². The molecule has 226 valence electrons. The standard InChI is InChI=1S/C34H39N3O6/c1-5-42-30-17-26-25(20-36(32(26)40)19-22-11-7-6-8-12-22)15-27(30)31(39)35-18-29(38)28-16-23-13-9-10-14-24(23)21-37(28)33(41)43-34(2,3)4/h6-15,17,28-29,38H,5,16,18-21H2,1-4H3,(H,35,39)/t28-,29+/m0/s1. The van der Waals surface area contributed by atoms with Crippen LogP contribution in [-0.4, -0.2) is 63.7 Å². The smallest absolute Gasteiger partial charge is 0.410 e. The number of hydrogen-bond acceptors (Lipinski definition) is 6. The van der Waals surface area contributed by atoms with Gasteiger partial charge in [0.05, 0.1) is 24.3 Å². The number of nitrogens with zero attached hydrogens (tertiary/aromatic N) is 2. The van der Waals surface area contributed by atoms with Crippen LogP contribution in [0.4, 0.5) is 4.79 Å². The maximum atomic E-state index is 13.5. The van der Waals surface area contributed by atoms with Crippen LogP contribution < -0.4 is 10.1 Å². The molecule has 2 heterocycles. The molecule has 2 N–H and O–H groups in total. The number of hydrogen-bond donors (Lipinski definition) is 2. The summed E-state index contributed by atoms with van der Waals surface area (Å²) < 4.78 is 11.4. The van der Waals surface area contributed by atoms with E-state index in [0.29, 0.717) is 49.5 Å². The van der Waals surface area contributed by atoms with Crippen molar-refractivity contribution in [2.75, 3.05) is 13.2 Å². The van der Waals surface area contributed by atoms with Gasteiger partial charge in [0.1, 0.15) is 11.4 Å². The molecule has 3 aromatic carbocycles. The summed E-state index contributed by atoms with van der Waals surface area (Å²) in [6.45, 7) is 8.58. The molecule has 3 aromatic rings. The summed E-state index contributed by atoms with van der Waals surface area (Å²) in [5.41, 5.74) is 3.92. The fourth-order valence-corrected chi connectivity index (χ4v) is 5.63. The van der Waals surface area contributed by atoms with E-state index < -0.39 is 29.7 Å². The van der Waals surface area contributed by atoms with E-state index in [1.54, 1.807) is 42.7 Å².